The molecule has 1 saturated heterocycles. The Kier molecular flexibility index (Phi) is 6.05. The molecule has 0 unspecified atom stereocenters. The molecule has 7 heteroatoms. The lowest BCUT2D eigenvalue weighted by Gasteiger charge is -2.40. The van der Waals surface area contributed by atoms with Gasteiger partial charge < -0.3 is 14.7 Å². The number of hydrogen-bond acceptors (Lipinski definition) is 2. The van der Waals surface area contributed by atoms with Gasteiger partial charge in [0.2, 0.25) is 0 Å². The van der Waals surface area contributed by atoms with Crippen molar-refractivity contribution < 1.29 is 18.0 Å². The molecular formula is C24H26F3N3O. The lowest BCUT2D eigenvalue weighted by Crippen LogP contribution is -2.54. The van der Waals surface area contributed by atoms with Crippen LogP contribution in [0.5, 0.6) is 0 Å². The molecular weight excluding hydrogens is 403 g/mol. The van der Waals surface area contributed by atoms with Gasteiger partial charge in [-0.3, -0.25) is 0 Å². The molecule has 0 spiro atoms. The maximum absolute atomic E-state index is 14.7. The van der Waals surface area contributed by atoms with Crippen LogP contribution in [0.25, 0.3) is 5.57 Å². The first-order chi connectivity index (χ1) is 14.8. The van der Waals surface area contributed by atoms with Crippen molar-refractivity contribution in [3.8, 4) is 0 Å². The number of piperidine rings is 1. The highest BCUT2D eigenvalue weighted by atomic mass is 19.1. The third-order valence-corrected chi connectivity index (χ3v) is 6.21. The fraction of sp³-hybridized carbons (Fsp3) is 0.375. The van der Waals surface area contributed by atoms with Crippen LogP contribution < -0.4 is 0 Å². The van der Waals surface area contributed by atoms with E-state index < -0.39 is 29.9 Å². The summed E-state index contributed by atoms with van der Waals surface area (Å²) in [5.41, 5.74) is 1.53. The smallest absolute Gasteiger partial charge is 0.321 e. The molecule has 0 radical (unpaired) electrons. The zero-order valence-corrected chi connectivity index (χ0v) is 17.6. The van der Waals surface area contributed by atoms with Gasteiger partial charge >= 0.3 is 6.03 Å². The van der Waals surface area contributed by atoms with Gasteiger partial charge in [-0.05, 0) is 42.8 Å². The second-order valence-corrected chi connectivity index (χ2v) is 8.33. The first-order valence-electron chi connectivity index (χ1n) is 10.4. The zero-order chi connectivity index (χ0) is 22.1. The number of alkyl halides is 1. The molecule has 2 aliphatic rings. The second-order valence-electron chi connectivity index (χ2n) is 8.33. The molecule has 31 heavy (non-hydrogen) atoms. The fourth-order valence-corrected chi connectivity index (χ4v) is 4.47. The van der Waals surface area contributed by atoms with E-state index in [0.29, 0.717) is 18.5 Å². The van der Waals surface area contributed by atoms with E-state index in [1.54, 1.807) is 18.0 Å². The quantitative estimate of drug-likeness (QED) is 0.718. The minimum Gasteiger partial charge on any atom is -0.322 e. The summed E-state index contributed by atoms with van der Waals surface area (Å²) in [5, 5.41) is 0. The Morgan fingerprint density at radius 1 is 1.13 bits per heavy atom. The topological polar surface area (TPSA) is 26.8 Å². The van der Waals surface area contributed by atoms with E-state index in [2.05, 4.69) is 0 Å². The van der Waals surface area contributed by atoms with Crippen LogP contribution in [0, 0.1) is 11.6 Å². The number of carbonyl (C=O) groups is 1. The minimum atomic E-state index is -1.14. The van der Waals surface area contributed by atoms with Gasteiger partial charge in [-0.1, -0.05) is 36.4 Å². The molecule has 2 heterocycles. The predicted octanol–water partition coefficient (Wildman–Crippen LogP) is 4.50. The lowest BCUT2D eigenvalue weighted by atomic mass is 10.0. The van der Waals surface area contributed by atoms with E-state index in [1.165, 1.54) is 4.90 Å². The maximum Gasteiger partial charge on any atom is 0.321 e. The van der Waals surface area contributed by atoms with Crippen molar-refractivity contribution in [2.45, 2.75) is 24.7 Å². The highest BCUT2D eigenvalue weighted by Crippen LogP contribution is 2.37. The van der Waals surface area contributed by atoms with Crippen LogP contribution in [0.4, 0.5) is 18.0 Å². The fourth-order valence-electron chi connectivity index (χ4n) is 4.47. The molecule has 4 rings (SSSR count). The molecule has 164 valence electrons. The summed E-state index contributed by atoms with van der Waals surface area (Å²) in [7, 11) is 3.48. The molecule has 2 amide bonds. The zero-order valence-electron chi connectivity index (χ0n) is 17.6. The number of amides is 2. The van der Waals surface area contributed by atoms with Crippen molar-refractivity contribution >= 4 is 11.6 Å². The van der Waals surface area contributed by atoms with Crippen LogP contribution in [0.3, 0.4) is 0 Å². The Morgan fingerprint density at radius 3 is 2.58 bits per heavy atom. The van der Waals surface area contributed by atoms with Gasteiger partial charge in [0.15, 0.2) is 0 Å². The number of urea groups is 1. The number of benzene rings is 2. The Balaban J connectivity index is 1.64. The van der Waals surface area contributed by atoms with Gasteiger partial charge in [-0.2, -0.15) is 0 Å². The van der Waals surface area contributed by atoms with Crippen LogP contribution in [-0.4, -0.2) is 66.7 Å². The number of rotatable bonds is 3. The third-order valence-electron chi connectivity index (χ3n) is 6.21. The van der Waals surface area contributed by atoms with Crippen LogP contribution in [0.1, 0.15) is 23.6 Å². The summed E-state index contributed by atoms with van der Waals surface area (Å²) in [5.74, 6) is -1.08. The van der Waals surface area contributed by atoms with E-state index in [9.17, 15) is 18.0 Å². The number of nitrogens with zero attached hydrogens (tertiary/aromatic N) is 3. The highest BCUT2D eigenvalue weighted by Gasteiger charge is 2.38. The minimum absolute atomic E-state index is 0.118. The lowest BCUT2D eigenvalue weighted by molar-refractivity contribution is 0.0601. The maximum atomic E-state index is 14.7. The summed E-state index contributed by atoms with van der Waals surface area (Å²) in [6.45, 7) is 1.11. The number of likely N-dealkylation sites (tertiary alicyclic amines) is 1. The standard InChI is InChI=1S/C24H26F3N3O/c1-28-11-10-22(21(27)15-28)29(2)24(31)30-14-17(19-13-18(25)8-9-20(19)26)12-23(30)16-6-4-3-5-7-16/h3-9,12-13,21-23H,10-11,14-15H2,1-2H3/t21-,22+,23-/m0/s1. The van der Waals surface area contributed by atoms with E-state index in [-0.39, 0.29) is 24.7 Å². The van der Waals surface area contributed by atoms with Crippen molar-refractivity contribution in [3.63, 3.8) is 0 Å². The SMILES string of the molecule is CN1CC[C@@H](N(C)C(=O)N2CC(c3cc(F)ccc3F)=C[C@H]2c2ccccc2)[C@@H](F)C1. The highest BCUT2D eigenvalue weighted by molar-refractivity contribution is 5.82. The first-order valence-corrected chi connectivity index (χ1v) is 10.4. The summed E-state index contributed by atoms with van der Waals surface area (Å²) >= 11 is 0. The van der Waals surface area contributed by atoms with Gasteiger partial charge in [0, 0.05) is 32.2 Å². The van der Waals surface area contributed by atoms with Crippen molar-refractivity contribution in [2.24, 2.45) is 0 Å². The van der Waals surface area contributed by atoms with E-state index in [4.69, 9.17) is 0 Å². The van der Waals surface area contributed by atoms with Crippen molar-refractivity contribution in [1.29, 1.82) is 0 Å². The largest absolute Gasteiger partial charge is 0.322 e. The summed E-state index contributed by atoms with van der Waals surface area (Å²) in [6.07, 6.45) is 1.20. The third kappa shape index (κ3) is 4.32. The monoisotopic (exact) mass is 429 g/mol. The molecule has 0 bridgehead atoms. The van der Waals surface area contributed by atoms with Gasteiger partial charge in [0.25, 0.3) is 0 Å². The van der Waals surface area contributed by atoms with Crippen molar-refractivity contribution in [3.05, 3.63) is 77.4 Å². The molecule has 0 aromatic heterocycles. The molecule has 0 saturated carbocycles. The normalized spacial score (nSPS) is 24.2. The molecule has 2 aliphatic heterocycles. The van der Waals surface area contributed by atoms with E-state index in [0.717, 1.165) is 23.8 Å². The molecule has 1 fully saturated rings. The number of carbonyl (C=O) groups excluding carboxylic acids is 1. The molecule has 3 atom stereocenters. The summed E-state index contributed by atoms with van der Waals surface area (Å²) in [6, 6.07) is 11.4. The molecule has 2 aromatic carbocycles. The average Bonchev–Trinajstić information content (AvgIpc) is 3.20. The Bertz CT molecular complexity index is 981. The summed E-state index contributed by atoms with van der Waals surface area (Å²) in [4.78, 5) is 18.4. The number of halogens is 3. The summed E-state index contributed by atoms with van der Waals surface area (Å²) < 4.78 is 42.9. The molecule has 0 aliphatic carbocycles. The molecule has 2 aromatic rings. The predicted molar refractivity (Wildman–Crippen MR) is 114 cm³/mol. The second kappa shape index (κ2) is 8.75. The van der Waals surface area contributed by atoms with Gasteiger partial charge in [0.1, 0.15) is 17.8 Å². The van der Waals surface area contributed by atoms with Gasteiger partial charge in [-0.15, -0.1) is 0 Å². The molecule has 0 N–H and O–H groups in total. The first kappa shape index (κ1) is 21.4. The van der Waals surface area contributed by atoms with Crippen LogP contribution in [0.2, 0.25) is 0 Å². The van der Waals surface area contributed by atoms with Crippen molar-refractivity contribution in [1.82, 2.24) is 14.7 Å². The Hall–Kier alpha value is -2.80. The van der Waals surface area contributed by atoms with Crippen LogP contribution >= 0.6 is 0 Å². The van der Waals surface area contributed by atoms with E-state index >= 15 is 0 Å². The van der Waals surface area contributed by atoms with Crippen molar-refractivity contribution in [2.75, 3.05) is 33.7 Å². The van der Waals surface area contributed by atoms with Gasteiger partial charge in [-0.25, -0.2) is 18.0 Å². The van der Waals surface area contributed by atoms with Crippen LogP contribution in [0.15, 0.2) is 54.6 Å². The number of hydrogen-bond donors (Lipinski definition) is 0. The molecule has 4 nitrogen and oxygen atoms in total. The van der Waals surface area contributed by atoms with E-state index in [1.807, 2.05) is 42.3 Å². The Morgan fingerprint density at radius 2 is 1.87 bits per heavy atom. The Labute approximate surface area is 180 Å². The van der Waals surface area contributed by atoms with Gasteiger partial charge in [0.05, 0.1) is 12.1 Å². The van der Waals surface area contributed by atoms with Crippen LogP contribution in [-0.2, 0) is 0 Å². The average molecular weight is 429 g/mol.